The smallest absolute Gasteiger partial charge is 0.309 e. The lowest BCUT2D eigenvalue weighted by molar-refractivity contribution is -0.149. The third-order valence-corrected chi connectivity index (χ3v) is 4.60. The van der Waals surface area contributed by atoms with Crippen molar-refractivity contribution in [2.24, 2.45) is 5.92 Å². The van der Waals surface area contributed by atoms with Gasteiger partial charge in [-0.3, -0.25) is 9.59 Å². The maximum absolute atomic E-state index is 12.5. The maximum atomic E-state index is 12.5. The SMILES string of the molecule is CCOC(=O)C1CCN(/C=C(/C#N)C(=O)N2CCN(C)CC2)CC1. The molecule has 0 aromatic carbocycles. The van der Waals surface area contributed by atoms with E-state index in [1.165, 1.54) is 0 Å². The van der Waals surface area contributed by atoms with Crippen LogP contribution in [0.4, 0.5) is 0 Å². The molecule has 0 spiro atoms. The molecule has 7 nitrogen and oxygen atoms in total. The minimum absolute atomic E-state index is 0.0755. The van der Waals surface area contributed by atoms with E-state index in [0.717, 1.165) is 13.1 Å². The number of piperazine rings is 1. The summed E-state index contributed by atoms with van der Waals surface area (Å²) in [6, 6.07) is 2.03. The van der Waals surface area contributed by atoms with Gasteiger partial charge in [0.1, 0.15) is 11.6 Å². The van der Waals surface area contributed by atoms with Gasteiger partial charge in [-0.05, 0) is 26.8 Å². The van der Waals surface area contributed by atoms with E-state index >= 15 is 0 Å². The fraction of sp³-hybridized carbons (Fsp3) is 0.706. The molecule has 0 bridgehead atoms. The van der Waals surface area contributed by atoms with Crippen molar-refractivity contribution in [3.05, 3.63) is 11.8 Å². The number of ether oxygens (including phenoxy) is 1. The van der Waals surface area contributed by atoms with Crippen molar-refractivity contribution in [2.75, 3.05) is 52.9 Å². The molecular weight excluding hydrogens is 308 g/mol. The zero-order valence-corrected chi connectivity index (χ0v) is 14.5. The Balaban J connectivity index is 1.90. The zero-order chi connectivity index (χ0) is 17.5. The van der Waals surface area contributed by atoms with Crippen LogP contribution < -0.4 is 0 Å². The van der Waals surface area contributed by atoms with Crippen molar-refractivity contribution < 1.29 is 14.3 Å². The highest BCUT2D eigenvalue weighted by Gasteiger charge is 2.27. The molecule has 2 aliphatic rings. The summed E-state index contributed by atoms with van der Waals surface area (Å²) in [5.41, 5.74) is 0.175. The Hall–Kier alpha value is -2.07. The molecule has 24 heavy (non-hydrogen) atoms. The summed E-state index contributed by atoms with van der Waals surface area (Å²) in [4.78, 5) is 30.1. The highest BCUT2D eigenvalue weighted by molar-refractivity contribution is 5.97. The topological polar surface area (TPSA) is 76.9 Å². The molecule has 2 aliphatic heterocycles. The van der Waals surface area contributed by atoms with E-state index in [4.69, 9.17) is 4.74 Å². The number of esters is 1. The zero-order valence-electron chi connectivity index (χ0n) is 14.5. The molecule has 0 saturated carbocycles. The highest BCUT2D eigenvalue weighted by Crippen LogP contribution is 2.20. The Bertz CT molecular complexity index is 524. The Morgan fingerprint density at radius 3 is 2.33 bits per heavy atom. The molecule has 0 N–H and O–H groups in total. The van der Waals surface area contributed by atoms with Gasteiger partial charge in [-0.25, -0.2) is 0 Å². The van der Waals surface area contributed by atoms with Gasteiger partial charge in [0.15, 0.2) is 0 Å². The van der Waals surface area contributed by atoms with Crippen LogP contribution in [0.15, 0.2) is 11.8 Å². The quantitative estimate of drug-likeness (QED) is 0.422. The molecule has 0 aliphatic carbocycles. The molecule has 2 fully saturated rings. The highest BCUT2D eigenvalue weighted by atomic mass is 16.5. The molecule has 2 heterocycles. The molecule has 0 aromatic heterocycles. The first-order valence-corrected chi connectivity index (χ1v) is 8.55. The third-order valence-electron chi connectivity index (χ3n) is 4.60. The first-order chi connectivity index (χ1) is 11.5. The van der Waals surface area contributed by atoms with E-state index in [0.29, 0.717) is 45.6 Å². The Morgan fingerprint density at radius 1 is 1.17 bits per heavy atom. The van der Waals surface area contributed by atoms with Gasteiger partial charge in [-0.1, -0.05) is 0 Å². The maximum Gasteiger partial charge on any atom is 0.309 e. The van der Waals surface area contributed by atoms with Crippen molar-refractivity contribution in [3.8, 4) is 6.07 Å². The van der Waals surface area contributed by atoms with Gasteiger partial charge < -0.3 is 19.4 Å². The number of rotatable bonds is 4. The van der Waals surface area contributed by atoms with Gasteiger partial charge in [-0.15, -0.1) is 0 Å². The average molecular weight is 334 g/mol. The lowest BCUT2D eigenvalue weighted by Gasteiger charge is -2.33. The minimum atomic E-state index is -0.196. The van der Waals surface area contributed by atoms with Crippen LogP contribution in [0.1, 0.15) is 19.8 Å². The summed E-state index contributed by atoms with van der Waals surface area (Å²) in [6.07, 6.45) is 3.04. The van der Waals surface area contributed by atoms with Crippen LogP contribution in [-0.4, -0.2) is 79.5 Å². The summed E-state index contributed by atoms with van der Waals surface area (Å²) in [7, 11) is 2.02. The molecule has 2 saturated heterocycles. The van der Waals surface area contributed by atoms with Crippen LogP contribution in [0, 0.1) is 17.2 Å². The Labute approximate surface area is 143 Å². The number of likely N-dealkylation sites (tertiary alicyclic amines) is 1. The summed E-state index contributed by atoms with van der Waals surface area (Å²) in [5, 5.41) is 9.34. The number of amides is 1. The molecule has 132 valence electrons. The largest absolute Gasteiger partial charge is 0.466 e. The second-order valence-corrected chi connectivity index (χ2v) is 6.31. The van der Waals surface area contributed by atoms with E-state index in [2.05, 4.69) is 4.90 Å². The van der Waals surface area contributed by atoms with Gasteiger partial charge in [0, 0.05) is 45.5 Å². The first kappa shape index (κ1) is 18.3. The van der Waals surface area contributed by atoms with Crippen molar-refractivity contribution in [2.45, 2.75) is 19.8 Å². The molecular formula is C17H26N4O3. The summed E-state index contributed by atoms with van der Waals surface area (Å²) in [5.74, 6) is -0.415. The number of hydrogen-bond acceptors (Lipinski definition) is 6. The van der Waals surface area contributed by atoms with Gasteiger partial charge in [-0.2, -0.15) is 5.26 Å². The van der Waals surface area contributed by atoms with E-state index in [1.54, 1.807) is 18.0 Å². The molecule has 7 heteroatoms. The van der Waals surface area contributed by atoms with Crippen LogP contribution >= 0.6 is 0 Å². The number of hydrogen-bond donors (Lipinski definition) is 0. The van der Waals surface area contributed by atoms with Crippen LogP contribution in [0.5, 0.6) is 0 Å². The van der Waals surface area contributed by atoms with Gasteiger partial charge in [0.25, 0.3) is 5.91 Å². The Kier molecular flexibility index (Phi) is 6.62. The normalized spacial score (nSPS) is 20.6. The lowest BCUT2D eigenvalue weighted by atomic mass is 9.97. The first-order valence-electron chi connectivity index (χ1n) is 8.55. The summed E-state index contributed by atoms with van der Waals surface area (Å²) >= 11 is 0. The molecule has 1 amide bonds. The van der Waals surface area contributed by atoms with Crippen molar-refractivity contribution in [1.82, 2.24) is 14.7 Å². The molecule has 2 rings (SSSR count). The van der Waals surface area contributed by atoms with E-state index < -0.39 is 0 Å². The second kappa shape index (κ2) is 8.69. The Morgan fingerprint density at radius 2 is 1.79 bits per heavy atom. The van der Waals surface area contributed by atoms with Crippen LogP contribution in [0.2, 0.25) is 0 Å². The number of carbonyl (C=O) groups excluding carboxylic acids is 2. The predicted octanol–water partition coefficient (Wildman–Crippen LogP) is 0.443. The minimum Gasteiger partial charge on any atom is -0.466 e. The standard InChI is InChI=1S/C17H26N4O3/c1-3-24-17(23)14-4-6-20(7-5-14)13-15(12-18)16(22)21-10-8-19(2)9-11-21/h13-14H,3-11H2,1-2H3/b15-13-. The number of piperidine rings is 1. The molecule has 0 atom stereocenters. The fourth-order valence-electron chi connectivity index (χ4n) is 3.02. The van der Waals surface area contributed by atoms with E-state index in [9.17, 15) is 14.9 Å². The number of nitrogens with zero attached hydrogens (tertiary/aromatic N) is 4. The van der Waals surface area contributed by atoms with Crippen LogP contribution in [0.3, 0.4) is 0 Å². The van der Waals surface area contributed by atoms with E-state index in [-0.39, 0.29) is 23.4 Å². The van der Waals surface area contributed by atoms with Gasteiger partial charge in [0.05, 0.1) is 12.5 Å². The summed E-state index contributed by atoms with van der Waals surface area (Å²) < 4.78 is 5.06. The molecule has 0 aromatic rings. The third kappa shape index (κ3) is 4.71. The van der Waals surface area contributed by atoms with Crippen molar-refractivity contribution >= 4 is 11.9 Å². The van der Waals surface area contributed by atoms with Crippen molar-refractivity contribution in [3.63, 3.8) is 0 Å². The number of likely N-dealkylation sites (N-methyl/N-ethyl adjacent to an activating group) is 1. The van der Waals surface area contributed by atoms with E-state index in [1.807, 2.05) is 18.0 Å². The average Bonchev–Trinajstić information content (AvgIpc) is 2.60. The summed E-state index contributed by atoms with van der Waals surface area (Å²) in [6.45, 7) is 6.48. The molecule has 0 radical (unpaired) electrons. The number of nitriles is 1. The van der Waals surface area contributed by atoms with Gasteiger partial charge in [0.2, 0.25) is 0 Å². The van der Waals surface area contributed by atoms with Crippen LogP contribution in [0.25, 0.3) is 0 Å². The molecule has 0 unspecified atom stereocenters. The fourth-order valence-corrected chi connectivity index (χ4v) is 3.02. The van der Waals surface area contributed by atoms with Crippen LogP contribution in [-0.2, 0) is 14.3 Å². The lowest BCUT2D eigenvalue weighted by Crippen LogP contribution is -2.47. The monoisotopic (exact) mass is 334 g/mol. The van der Waals surface area contributed by atoms with Crippen molar-refractivity contribution in [1.29, 1.82) is 5.26 Å². The van der Waals surface area contributed by atoms with Gasteiger partial charge >= 0.3 is 5.97 Å². The second-order valence-electron chi connectivity index (χ2n) is 6.31. The number of carbonyl (C=O) groups is 2. The predicted molar refractivity (Wildman–Crippen MR) is 88.7 cm³/mol.